The van der Waals surface area contributed by atoms with Gasteiger partial charge in [0, 0.05) is 15.7 Å². The molecule has 0 amide bonds. The molecule has 0 spiro atoms. The normalized spacial score (nSPS) is 11.9. The van der Waals surface area contributed by atoms with Gasteiger partial charge in [-0.1, -0.05) is 66.2 Å². The molecule has 0 aliphatic rings. The van der Waals surface area contributed by atoms with Crippen molar-refractivity contribution in [1.82, 2.24) is 0 Å². The van der Waals surface area contributed by atoms with Crippen LogP contribution in [0.3, 0.4) is 0 Å². The molecule has 4 aromatic carbocycles. The first-order chi connectivity index (χ1) is 18.6. The van der Waals surface area contributed by atoms with Crippen molar-refractivity contribution in [1.29, 1.82) is 0 Å². The van der Waals surface area contributed by atoms with Crippen LogP contribution in [0.4, 0.5) is 13.2 Å². The average Bonchev–Trinajstić information content (AvgIpc) is 2.91. The van der Waals surface area contributed by atoms with E-state index >= 15 is 0 Å². The Hall–Kier alpha value is -3.68. The van der Waals surface area contributed by atoms with E-state index in [2.05, 4.69) is 6.08 Å². The molecule has 3 nitrogen and oxygen atoms in total. The molecule has 1 N–H and O–H groups in total. The Morgan fingerprint density at radius 3 is 2.00 bits per heavy atom. The molecule has 0 aliphatic carbocycles. The fourth-order valence-electron chi connectivity index (χ4n) is 3.96. The van der Waals surface area contributed by atoms with Gasteiger partial charge in [-0.2, -0.15) is 13.2 Å². The molecule has 0 saturated carbocycles. The predicted octanol–water partition coefficient (Wildman–Crippen LogP) is 9.02. The molecular formula is C31H24ClF3O3S. The van der Waals surface area contributed by atoms with Gasteiger partial charge < -0.3 is 9.84 Å². The zero-order chi connectivity index (χ0) is 28.0. The molecule has 0 atom stereocenters. The van der Waals surface area contributed by atoms with E-state index in [1.807, 2.05) is 67.6 Å². The van der Waals surface area contributed by atoms with Crippen molar-refractivity contribution in [2.24, 2.45) is 0 Å². The standard InChI is InChI=1S/C31H24ClF3O3S/c1-20-18-27(14-15-29(20)38-19-30(36)37)39-17-16-28(24-8-12-26(32)13-9-24)23-4-2-21(3-5-23)22-6-10-25(11-7-22)31(33,34)35/h2-16,18H,17,19H2,1H3,(H,36,37). The lowest BCUT2D eigenvalue weighted by atomic mass is 9.95. The molecule has 0 bridgehead atoms. The summed E-state index contributed by atoms with van der Waals surface area (Å²) in [5.74, 6) is 0.167. The van der Waals surface area contributed by atoms with Crippen LogP contribution in [-0.4, -0.2) is 23.4 Å². The smallest absolute Gasteiger partial charge is 0.416 e. The summed E-state index contributed by atoms with van der Waals surface area (Å²) in [5, 5.41) is 9.45. The van der Waals surface area contributed by atoms with Gasteiger partial charge in [0.2, 0.25) is 0 Å². The second-order valence-corrected chi connectivity index (χ2v) is 10.2. The fourth-order valence-corrected chi connectivity index (χ4v) is 4.95. The largest absolute Gasteiger partial charge is 0.482 e. The monoisotopic (exact) mass is 568 g/mol. The number of halogens is 4. The van der Waals surface area contributed by atoms with Gasteiger partial charge in [-0.3, -0.25) is 0 Å². The number of alkyl halides is 3. The summed E-state index contributed by atoms with van der Waals surface area (Å²) >= 11 is 7.73. The third-order valence-electron chi connectivity index (χ3n) is 5.93. The number of carboxylic acid groups (broad SMARTS) is 1. The van der Waals surface area contributed by atoms with Gasteiger partial charge in [0.05, 0.1) is 5.56 Å². The average molecular weight is 569 g/mol. The van der Waals surface area contributed by atoms with Crippen LogP contribution in [-0.2, 0) is 11.0 Å². The van der Waals surface area contributed by atoms with E-state index in [-0.39, 0.29) is 0 Å². The number of hydrogen-bond donors (Lipinski definition) is 1. The summed E-state index contributed by atoms with van der Waals surface area (Å²) in [6, 6.07) is 26.0. The Labute approximate surface area is 233 Å². The molecule has 0 fully saturated rings. The second kappa shape index (κ2) is 12.5. The molecule has 0 radical (unpaired) electrons. The topological polar surface area (TPSA) is 46.5 Å². The van der Waals surface area contributed by atoms with Crippen LogP contribution in [0.5, 0.6) is 5.75 Å². The van der Waals surface area contributed by atoms with Crippen LogP contribution < -0.4 is 4.74 Å². The quantitative estimate of drug-likeness (QED) is 0.205. The highest BCUT2D eigenvalue weighted by atomic mass is 35.5. The number of benzene rings is 4. The molecule has 200 valence electrons. The van der Waals surface area contributed by atoms with E-state index in [1.165, 1.54) is 12.1 Å². The molecule has 39 heavy (non-hydrogen) atoms. The molecule has 8 heteroatoms. The maximum absolute atomic E-state index is 12.9. The first-order valence-corrected chi connectivity index (χ1v) is 13.3. The van der Waals surface area contributed by atoms with Gasteiger partial charge >= 0.3 is 12.1 Å². The van der Waals surface area contributed by atoms with Crippen molar-refractivity contribution in [3.63, 3.8) is 0 Å². The van der Waals surface area contributed by atoms with Crippen molar-refractivity contribution in [3.05, 3.63) is 124 Å². The Bertz CT molecular complexity index is 1460. The van der Waals surface area contributed by atoms with Gasteiger partial charge in [0.1, 0.15) is 5.75 Å². The Kier molecular flexibility index (Phi) is 9.04. The number of rotatable bonds is 9. The van der Waals surface area contributed by atoms with Crippen molar-refractivity contribution in [2.45, 2.75) is 18.0 Å². The molecule has 4 aromatic rings. The number of carbonyl (C=O) groups is 1. The third-order valence-corrected chi connectivity index (χ3v) is 7.10. The molecule has 0 aromatic heterocycles. The lowest BCUT2D eigenvalue weighted by molar-refractivity contribution is -0.139. The van der Waals surface area contributed by atoms with E-state index in [0.717, 1.165) is 44.9 Å². The molecule has 0 unspecified atom stereocenters. The van der Waals surface area contributed by atoms with Gasteiger partial charge in [-0.15, -0.1) is 11.8 Å². The van der Waals surface area contributed by atoms with Gasteiger partial charge in [0.15, 0.2) is 6.61 Å². The maximum Gasteiger partial charge on any atom is 0.416 e. The zero-order valence-corrected chi connectivity index (χ0v) is 22.4. The van der Waals surface area contributed by atoms with Crippen LogP contribution in [0.1, 0.15) is 22.3 Å². The first-order valence-electron chi connectivity index (χ1n) is 11.9. The molecule has 0 saturated heterocycles. The number of ether oxygens (including phenoxy) is 1. The van der Waals surface area contributed by atoms with Crippen LogP contribution >= 0.6 is 23.4 Å². The third kappa shape index (κ3) is 7.68. The lowest BCUT2D eigenvalue weighted by Crippen LogP contribution is -2.09. The fraction of sp³-hybridized carbons (Fsp3) is 0.129. The second-order valence-electron chi connectivity index (χ2n) is 8.70. The van der Waals surface area contributed by atoms with Crippen LogP contribution in [0, 0.1) is 6.92 Å². The Morgan fingerprint density at radius 2 is 1.46 bits per heavy atom. The van der Waals surface area contributed by atoms with Crippen LogP contribution in [0.2, 0.25) is 5.02 Å². The highest BCUT2D eigenvalue weighted by molar-refractivity contribution is 7.99. The summed E-state index contributed by atoms with van der Waals surface area (Å²) < 4.78 is 44.0. The van der Waals surface area contributed by atoms with Crippen LogP contribution in [0.15, 0.2) is 102 Å². The minimum Gasteiger partial charge on any atom is -0.482 e. The van der Waals surface area contributed by atoms with Crippen molar-refractivity contribution < 1.29 is 27.8 Å². The van der Waals surface area contributed by atoms with E-state index in [4.69, 9.17) is 21.4 Å². The number of hydrogen-bond acceptors (Lipinski definition) is 3. The SMILES string of the molecule is Cc1cc(SCC=C(c2ccc(Cl)cc2)c2ccc(-c3ccc(C(F)(F)F)cc3)cc2)ccc1OCC(=O)O. The molecular weight excluding hydrogens is 545 g/mol. The van der Waals surface area contributed by atoms with Crippen LogP contribution in [0.25, 0.3) is 16.7 Å². The van der Waals surface area contributed by atoms with E-state index in [1.54, 1.807) is 17.8 Å². The molecule has 4 rings (SSSR count). The summed E-state index contributed by atoms with van der Waals surface area (Å²) in [5.41, 5.74) is 4.63. The summed E-state index contributed by atoms with van der Waals surface area (Å²) in [6.07, 6.45) is -2.25. The molecule has 0 aliphatic heterocycles. The highest BCUT2D eigenvalue weighted by Crippen LogP contribution is 2.33. The van der Waals surface area contributed by atoms with E-state index in [0.29, 0.717) is 22.1 Å². The van der Waals surface area contributed by atoms with Crippen molar-refractivity contribution in [3.8, 4) is 16.9 Å². The van der Waals surface area contributed by atoms with Gasteiger partial charge in [0.25, 0.3) is 0 Å². The van der Waals surface area contributed by atoms with E-state index < -0.39 is 24.3 Å². The maximum atomic E-state index is 12.9. The lowest BCUT2D eigenvalue weighted by Gasteiger charge is -2.12. The summed E-state index contributed by atoms with van der Waals surface area (Å²) in [4.78, 5) is 11.8. The highest BCUT2D eigenvalue weighted by Gasteiger charge is 2.29. The Balaban J connectivity index is 1.54. The Morgan fingerprint density at radius 1 is 0.897 bits per heavy atom. The summed E-state index contributed by atoms with van der Waals surface area (Å²) in [7, 11) is 0. The number of carboxylic acids is 1. The minimum atomic E-state index is -4.37. The zero-order valence-electron chi connectivity index (χ0n) is 20.8. The van der Waals surface area contributed by atoms with Crippen molar-refractivity contribution >= 4 is 34.9 Å². The predicted molar refractivity (Wildman–Crippen MR) is 150 cm³/mol. The van der Waals surface area contributed by atoms with Gasteiger partial charge in [-0.25, -0.2) is 4.79 Å². The number of aliphatic carboxylic acids is 1. The van der Waals surface area contributed by atoms with Crippen molar-refractivity contribution in [2.75, 3.05) is 12.4 Å². The molecule has 0 heterocycles. The number of thioether (sulfide) groups is 1. The number of aryl methyl sites for hydroxylation is 1. The van der Waals surface area contributed by atoms with Gasteiger partial charge in [-0.05, 0) is 82.8 Å². The van der Waals surface area contributed by atoms with E-state index in [9.17, 15) is 18.0 Å². The minimum absolute atomic E-state index is 0.391. The first kappa shape index (κ1) is 28.3. The summed E-state index contributed by atoms with van der Waals surface area (Å²) in [6.45, 7) is 1.48.